The SMILES string of the molecule is CCOc1nn(C(C)CO)c2c1/C=C/Cc1cc(C)nc(c1)-c1c(C)nn(C)c1OC(C)CN(C)C2. The van der Waals surface area contributed by atoms with E-state index in [2.05, 4.69) is 48.3 Å². The van der Waals surface area contributed by atoms with E-state index in [0.29, 0.717) is 25.6 Å². The van der Waals surface area contributed by atoms with Crippen LogP contribution in [0.25, 0.3) is 17.3 Å². The van der Waals surface area contributed by atoms with Crippen LogP contribution >= 0.6 is 0 Å². The summed E-state index contributed by atoms with van der Waals surface area (Å²) in [6.45, 7) is 11.8. The van der Waals surface area contributed by atoms with Gasteiger partial charge in [-0.1, -0.05) is 12.2 Å². The molecule has 1 aliphatic rings. The summed E-state index contributed by atoms with van der Waals surface area (Å²) in [6, 6.07) is 4.05. The molecule has 4 rings (SSSR count). The Morgan fingerprint density at radius 3 is 2.72 bits per heavy atom. The highest BCUT2D eigenvalue weighted by Crippen LogP contribution is 2.34. The molecular formula is C27H38N6O3. The van der Waals surface area contributed by atoms with E-state index in [4.69, 9.17) is 19.6 Å². The summed E-state index contributed by atoms with van der Waals surface area (Å²) in [5.41, 5.74) is 6.75. The van der Waals surface area contributed by atoms with Crippen LogP contribution in [0.15, 0.2) is 18.2 Å². The maximum absolute atomic E-state index is 9.90. The molecule has 36 heavy (non-hydrogen) atoms. The molecule has 2 atom stereocenters. The van der Waals surface area contributed by atoms with Crippen LogP contribution in [0.2, 0.25) is 0 Å². The number of pyridine rings is 1. The molecule has 9 heteroatoms. The number of aliphatic hydroxyl groups excluding tert-OH is 1. The van der Waals surface area contributed by atoms with E-state index in [1.165, 1.54) is 0 Å². The largest absolute Gasteiger partial charge is 0.476 e. The molecule has 0 saturated heterocycles. The van der Waals surface area contributed by atoms with Gasteiger partial charge in [0, 0.05) is 25.8 Å². The van der Waals surface area contributed by atoms with E-state index < -0.39 is 0 Å². The van der Waals surface area contributed by atoms with Crippen LogP contribution in [0.3, 0.4) is 0 Å². The summed E-state index contributed by atoms with van der Waals surface area (Å²) in [4.78, 5) is 7.04. The Labute approximate surface area is 213 Å². The molecule has 0 aliphatic carbocycles. The second kappa shape index (κ2) is 10.8. The maximum atomic E-state index is 9.90. The van der Waals surface area contributed by atoms with Gasteiger partial charge in [0.05, 0.1) is 47.5 Å². The molecule has 1 N–H and O–H groups in total. The molecule has 2 unspecified atom stereocenters. The van der Waals surface area contributed by atoms with Gasteiger partial charge in [-0.2, -0.15) is 5.10 Å². The minimum absolute atomic E-state index is 0.00564. The van der Waals surface area contributed by atoms with Gasteiger partial charge in [0.1, 0.15) is 6.10 Å². The summed E-state index contributed by atoms with van der Waals surface area (Å²) in [5, 5.41) is 19.3. The zero-order valence-corrected chi connectivity index (χ0v) is 22.4. The molecule has 0 saturated carbocycles. The van der Waals surface area contributed by atoms with Crippen LogP contribution in [-0.2, 0) is 20.0 Å². The Morgan fingerprint density at radius 2 is 2.00 bits per heavy atom. The Kier molecular flexibility index (Phi) is 7.80. The van der Waals surface area contributed by atoms with Crippen LogP contribution < -0.4 is 9.47 Å². The lowest BCUT2D eigenvalue weighted by Crippen LogP contribution is -2.32. The molecular weight excluding hydrogens is 456 g/mol. The first-order valence-electron chi connectivity index (χ1n) is 12.6. The molecule has 0 spiro atoms. The number of aryl methyl sites for hydroxylation is 3. The highest BCUT2D eigenvalue weighted by Gasteiger charge is 2.24. The molecule has 3 aromatic rings. The number of allylic oxidation sites excluding steroid dienone is 1. The van der Waals surface area contributed by atoms with Crippen LogP contribution in [-0.4, -0.2) is 67.5 Å². The van der Waals surface area contributed by atoms with Crippen molar-refractivity contribution < 1.29 is 14.6 Å². The van der Waals surface area contributed by atoms with Crippen LogP contribution in [0, 0.1) is 13.8 Å². The average molecular weight is 495 g/mol. The second-order valence-corrected chi connectivity index (χ2v) is 9.70. The van der Waals surface area contributed by atoms with Crippen molar-refractivity contribution in [3.63, 3.8) is 0 Å². The van der Waals surface area contributed by atoms with E-state index >= 15 is 0 Å². The minimum atomic E-state index is -0.170. The molecule has 0 amide bonds. The quantitative estimate of drug-likeness (QED) is 0.591. The Balaban J connectivity index is 1.85. The van der Waals surface area contributed by atoms with Gasteiger partial charge in [-0.25, -0.2) is 4.68 Å². The highest BCUT2D eigenvalue weighted by atomic mass is 16.5. The van der Waals surface area contributed by atoms with Gasteiger partial charge in [0.2, 0.25) is 11.8 Å². The zero-order valence-electron chi connectivity index (χ0n) is 22.4. The minimum Gasteiger partial charge on any atom is -0.476 e. The summed E-state index contributed by atoms with van der Waals surface area (Å²) >= 11 is 0. The van der Waals surface area contributed by atoms with Crippen molar-refractivity contribution in [1.29, 1.82) is 0 Å². The van der Waals surface area contributed by atoms with Crippen molar-refractivity contribution in [3.05, 3.63) is 46.4 Å². The van der Waals surface area contributed by atoms with Gasteiger partial charge in [-0.15, -0.1) is 5.10 Å². The van der Waals surface area contributed by atoms with Gasteiger partial charge in [-0.05, 0) is 65.8 Å². The number of hydrogen-bond donors (Lipinski definition) is 1. The van der Waals surface area contributed by atoms with Crippen molar-refractivity contribution in [2.75, 3.05) is 26.8 Å². The lowest BCUT2D eigenvalue weighted by molar-refractivity contribution is 0.145. The molecule has 1 aliphatic heterocycles. The number of fused-ring (bicyclic) bond motifs is 5. The molecule has 4 heterocycles. The normalized spacial score (nSPS) is 18.4. The van der Waals surface area contributed by atoms with Gasteiger partial charge in [0.15, 0.2) is 0 Å². The molecule has 194 valence electrons. The fourth-order valence-electron chi connectivity index (χ4n) is 4.82. The number of aromatic nitrogens is 5. The predicted molar refractivity (Wildman–Crippen MR) is 140 cm³/mol. The number of likely N-dealkylation sites (N-methyl/N-ethyl adjacent to an activating group) is 1. The van der Waals surface area contributed by atoms with E-state index in [-0.39, 0.29) is 18.8 Å². The van der Waals surface area contributed by atoms with Crippen molar-refractivity contribution in [3.8, 4) is 23.0 Å². The lowest BCUT2D eigenvalue weighted by atomic mass is 10.1. The summed E-state index contributed by atoms with van der Waals surface area (Å²) in [5.74, 6) is 1.31. The highest BCUT2D eigenvalue weighted by molar-refractivity contribution is 5.69. The zero-order chi connectivity index (χ0) is 26.0. The Hall–Kier alpha value is -3.17. The van der Waals surface area contributed by atoms with E-state index in [0.717, 1.165) is 51.8 Å². The first kappa shape index (κ1) is 25.9. The van der Waals surface area contributed by atoms with E-state index in [9.17, 15) is 5.11 Å². The molecule has 0 aromatic carbocycles. The van der Waals surface area contributed by atoms with Crippen molar-refractivity contribution in [1.82, 2.24) is 29.4 Å². The third-order valence-electron chi connectivity index (χ3n) is 6.36. The van der Waals surface area contributed by atoms with Crippen molar-refractivity contribution in [2.24, 2.45) is 7.05 Å². The smallest absolute Gasteiger partial charge is 0.240 e. The number of nitrogens with zero attached hydrogens (tertiary/aromatic N) is 6. The molecule has 3 aromatic heterocycles. The number of hydrogen-bond acceptors (Lipinski definition) is 7. The lowest BCUT2D eigenvalue weighted by Gasteiger charge is -2.24. The summed E-state index contributed by atoms with van der Waals surface area (Å²) in [6.07, 6.45) is 4.86. The van der Waals surface area contributed by atoms with Gasteiger partial charge >= 0.3 is 0 Å². The summed E-state index contributed by atoms with van der Waals surface area (Å²) in [7, 11) is 3.97. The monoisotopic (exact) mass is 494 g/mol. The van der Waals surface area contributed by atoms with Crippen LogP contribution in [0.5, 0.6) is 11.8 Å². The summed E-state index contributed by atoms with van der Waals surface area (Å²) < 4.78 is 16.1. The molecule has 0 fully saturated rings. The van der Waals surface area contributed by atoms with Crippen LogP contribution in [0.1, 0.15) is 55.0 Å². The number of ether oxygens (including phenoxy) is 2. The standard InChI is InChI=1S/C27H38N6O3/c1-8-35-26-22-11-9-10-21-12-17(2)28-23(13-21)25-20(5)29-32(7)27(25)36-19(4)14-31(6)15-24(22)33(30-26)18(3)16-34/h9,11-13,18-19,34H,8,10,14-16H2,1-7H3/b11-9+. The molecule has 9 nitrogen and oxygen atoms in total. The Morgan fingerprint density at radius 1 is 1.22 bits per heavy atom. The van der Waals surface area contributed by atoms with E-state index in [1.807, 2.05) is 39.4 Å². The molecule has 0 radical (unpaired) electrons. The fourth-order valence-corrected chi connectivity index (χ4v) is 4.82. The van der Waals surface area contributed by atoms with Crippen LogP contribution in [0.4, 0.5) is 0 Å². The average Bonchev–Trinajstić information content (AvgIpc) is 3.28. The second-order valence-electron chi connectivity index (χ2n) is 9.70. The van der Waals surface area contributed by atoms with Gasteiger partial charge in [-0.3, -0.25) is 14.6 Å². The maximum Gasteiger partial charge on any atom is 0.240 e. The first-order valence-corrected chi connectivity index (χ1v) is 12.6. The Bertz CT molecular complexity index is 1240. The third kappa shape index (κ3) is 5.32. The number of aliphatic hydroxyl groups is 1. The topological polar surface area (TPSA) is 90.5 Å². The third-order valence-corrected chi connectivity index (χ3v) is 6.36. The molecule has 2 bridgehead atoms. The number of rotatable bonds is 4. The fraction of sp³-hybridized carbons (Fsp3) is 0.519. The van der Waals surface area contributed by atoms with Crippen molar-refractivity contribution >= 4 is 6.08 Å². The van der Waals surface area contributed by atoms with E-state index in [1.54, 1.807) is 4.68 Å². The predicted octanol–water partition coefficient (Wildman–Crippen LogP) is 3.72. The first-order chi connectivity index (χ1) is 17.2. The van der Waals surface area contributed by atoms with Gasteiger partial charge < -0.3 is 14.6 Å². The van der Waals surface area contributed by atoms with Gasteiger partial charge in [0.25, 0.3) is 0 Å². The van der Waals surface area contributed by atoms with Crippen molar-refractivity contribution in [2.45, 2.75) is 59.7 Å².